The van der Waals surface area contributed by atoms with Gasteiger partial charge in [0, 0.05) is 37.7 Å². The maximum Gasteiger partial charge on any atom is 0.388 e. The molecule has 5 unspecified atom stereocenters. The predicted molar refractivity (Wildman–Crippen MR) is 82.8 cm³/mol. The minimum Gasteiger partial charge on any atom is -0.417 e. The van der Waals surface area contributed by atoms with Gasteiger partial charge >= 0.3 is 12.6 Å². The van der Waals surface area contributed by atoms with Crippen LogP contribution in [0.3, 0.4) is 0 Å². The predicted octanol–water partition coefficient (Wildman–Crippen LogP) is 2.10. The van der Waals surface area contributed by atoms with E-state index in [4.69, 9.17) is 0 Å². The van der Waals surface area contributed by atoms with Crippen LogP contribution in [0.1, 0.15) is 24.8 Å². The largest absolute Gasteiger partial charge is 0.417 e. The summed E-state index contributed by atoms with van der Waals surface area (Å²) in [5.41, 5.74) is 0.615. The average Bonchev–Trinajstić information content (AvgIpc) is 2.52. The van der Waals surface area contributed by atoms with E-state index < -0.39 is 6.61 Å². The van der Waals surface area contributed by atoms with Crippen LogP contribution in [0.15, 0.2) is 18.3 Å². The number of alkyl halides is 2. The molecule has 0 bridgehead atoms. The van der Waals surface area contributed by atoms with Crippen LogP contribution in [0.2, 0.25) is 0 Å². The molecule has 3 aliphatic rings. The first-order chi connectivity index (χ1) is 12.0. The van der Waals surface area contributed by atoms with Crippen LogP contribution >= 0.6 is 0 Å². The number of amides is 2. The monoisotopic (exact) mass is 351 g/mol. The molecule has 1 aromatic heterocycles. The van der Waals surface area contributed by atoms with Crippen molar-refractivity contribution in [2.24, 2.45) is 23.7 Å². The SMILES string of the molecule is O=C1CC2CC3C(NC(=O)NCc4ccnc(OC(F)F)c4)C(C1)C23. The van der Waals surface area contributed by atoms with Crippen LogP contribution in [0, 0.1) is 23.7 Å². The second kappa shape index (κ2) is 6.24. The molecule has 0 aromatic carbocycles. The Morgan fingerprint density at radius 3 is 3.00 bits per heavy atom. The quantitative estimate of drug-likeness (QED) is 0.851. The molecule has 4 rings (SSSR count). The number of Topliss-reactive ketones (excluding diaryl/α,β-unsaturated/α-hetero) is 1. The number of ether oxygens (including phenoxy) is 1. The third kappa shape index (κ3) is 3.05. The van der Waals surface area contributed by atoms with Gasteiger partial charge in [-0.25, -0.2) is 9.78 Å². The summed E-state index contributed by atoms with van der Waals surface area (Å²) in [5, 5.41) is 5.69. The van der Waals surface area contributed by atoms with Crippen LogP contribution < -0.4 is 15.4 Å². The number of nitrogens with one attached hydrogen (secondary N) is 2. The normalized spacial score (nSPS) is 32.3. The van der Waals surface area contributed by atoms with E-state index in [1.807, 2.05) is 0 Å². The molecule has 0 radical (unpaired) electrons. The summed E-state index contributed by atoms with van der Waals surface area (Å²) in [6, 6.07) is 2.75. The van der Waals surface area contributed by atoms with Crippen molar-refractivity contribution in [3.8, 4) is 5.88 Å². The summed E-state index contributed by atoms with van der Waals surface area (Å²) in [6.07, 6.45) is 3.66. The van der Waals surface area contributed by atoms with E-state index in [2.05, 4.69) is 20.4 Å². The highest BCUT2D eigenvalue weighted by Crippen LogP contribution is 2.62. The first-order valence-electron chi connectivity index (χ1n) is 8.47. The van der Waals surface area contributed by atoms with Crippen LogP contribution in [-0.2, 0) is 11.3 Å². The highest BCUT2D eigenvalue weighted by Gasteiger charge is 2.63. The molecule has 1 heterocycles. The van der Waals surface area contributed by atoms with Gasteiger partial charge in [0.05, 0.1) is 0 Å². The zero-order valence-electron chi connectivity index (χ0n) is 13.5. The van der Waals surface area contributed by atoms with Gasteiger partial charge < -0.3 is 15.4 Å². The molecule has 8 heteroatoms. The van der Waals surface area contributed by atoms with Gasteiger partial charge in [-0.3, -0.25) is 4.79 Å². The van der Waals surface area contributed by atoms with Crippen molar-refractivity contribution in [2.75, 3.05) is 0 Å². The number of pyridine rings is 1. The van der Waals surface area contributed by atoms with E-state index in [1.54, 1.807) is 6.07 Å². The molecular formula is C17H19F2N3O3. The van der Waals surface area contributed by atoms with Crippen molar-refractivity contribution >= 4 is 11.8 Å². The lowest BCUT2D eigenvalue weighted by atomic mass is 9.41. The number of hydrogen-bond acceptors (Lipinski definition) is 4. The van der Waals surface area contributed by atoms with Gasteiger partial charge in [0.1, 0.15) is 5.78 Å². The van der Waals surface area contributed by atoms with Gasteiger partial charge in [0.2, 0.25) is 5.88 Å². The van der Waals surface area contributed by atoms with Gasteiger partial charge in [-0.1, -0.05) is 0 Å². The molecule has 3 aliphatic carbocycles. The molecule has 2 amide bonds. The van der Waals surface area contributed by atoms with Crippen LogP contribution in [0.4, 0.5) is 13.6 Å². The van der Waals surface area contributed by atoms with E-state index in [0.29, 0.717) is 41.9 Å². The number of halogens is 2. The summed E-state index contributed by atoms with van der Waals surface area (Å²) < 4.78 is 28.6. The molecular weight excluding hydrogens is 332 g/mol. The number of rotatable bonds is 5. The molecule has 25 heavy (non-hydrogen) atoms. The second-order valence-electron chi connectivity index (χ2n) is 7.08. The van der Waals surface area contributed by atoms with Gasteiger partial charge in [-0.15, -0.1) is 0 Å². The molecule has 1 aromatic rings. The highest BCUT2D eigenvalue weighted by molar-refractivity contribution is 5.81. The molecule has 5 atom stereocenters. The van der Waals surface area contributed by atoms with Crippen molar-refractivity contribution < 1.29 is 23.1 Å². The Hall–Kier alpha value is -2.25. The fourth-order valence-corrected chi connectivity index (χ4v) is 4.72. The van der Waals surface area contributed by atoms with Crippen molar-refractivity contribution in [2.45, 2.75) is 38.5 Å². The Morgan fingerprint density at radius 1 is 1.36 bits per heavy atom. The maximum atomic E-state index is 12.2. The zero-order valence-corrected chi connectivity index (χ0v) is 13.5. The molecule has 0 spiro atoms. The number of aromatic nitrogens is 1. The molecule has 3 fully saturated rings. The van der Waals surface area contributed by atoms with Crippen molar-refractivity contribution in [1.82, 2.24) is 15.6 Å². The minimum absolute atomic E-state index is 0.0701. The fraction of sp³-hybridized carbons (Fsp3) is 0.588. The second-order valence-corrected chi connectivity index (χ2v) is 7.08. The molecule has 0 aliphatic heterocycles. The third-order valence-corrected chi connectivity index (χ3v) is 5.74. The lowest BCUT2D eigenvalue weighted by Crippen LogP contribution is -2.70. The number of carbonyl (C=O) groups is 2. The zero-order chi connectivity index (χ0) is 17.6. The number of nitrogens with zero attached hydrogens (tertiary/aromatic N) is 1. The van der Waals surface area contributed by atoms with Crippen LogP contribution in [-0.4, -0.2) is 29.5 Å². The van der Waals surface area contributed by atoms with E-state index in [1.165, 1.54) is 12.3 Å². The number of hydrogen-bond donors (Lipinski definition) is 2. The third-order valence-electron chi connectivity index (χ3n) is 5.74. The molecule has 6 nitrogen and oxygen atoms in total. The van der Waals surface area contributed by atoms with Crippen molar-refractivity contribution in [1.29, 1.82) is 0 Å². The summed E-state index contributed by atoms with van der Waals surface area (Å²) in [6.45, 7) is -2.75. The standard InChI is InChI=1S/C17H19F2N3O3/c18-16(19)25-13-3-8(1-2-20-13)7-21-17(24)22-15-11-5-9-4-10(23)6-12(15)14(9)11/h1-3,9,11-12,14-16H,4-7H2,(H2,21,22,24). The smallest absolute Gasteiger partial charge is 0.388 e. The Labute approximate surface area is 143 Å². The van der Waals surface area contributed by atoms with Crippen molar-refractivity contribution in [3.05, 3.63) is 23.9 Å². The van der Waals surface area contributed by atoms with E-state index in [-0.39, 0.29) is 30.4 Å². The average molecular weight is 351 g/mol. The lowest BCUT2D eigenvalue weighted by molar-refractivity contribution is -0.164. The fourth-order valence-electron chi connectivity index (χ4n) is 4.72. The van der Waals surface area contributed by atoms with E-state index in [9.17, 15) is 18.4 Å². The highest BCUT2D eigenvalue weighted by atomic mass is 19.3. The molecule has 2 N–H and O–H groups in total. The number of carbonyl (C=O) groups excluding carboxylic acids is 2. The van der Waals surface area contributed by atoms with Crippen molar-refractivity contribution in [3.63, 3.8) is 0 Å². The Bertz CT molecular complexity index is 699. The lowest BCUT2D eigenvalue weighted by Gasteiger charge is -2.65. The topological polar surface area (TPSA) is 80.3 Å². The number of ketones is 1. The maximum absolute atomic E-state index is 12.2. The molecule has 134 valence electrons. The van der Waals surface area contributed by atoms with E-state index >= 15 is 0 Å². The first-order valence-corrected chi connectivity index (χ1v) is 8.47. The van der Waals surface area contributed by atoms with Gasteiger partial charge in [0.25, 0.3) is 0 Å². The van der Waals surface area contributed by atoms with Gasteiger partial charge in [0.15, 0.2) is 0 Å². The summed E-state index contributed by atoms with van der Waals surface area (Å²) in [4.78, 5) is 27.5. The summed E-state index contributed by atoms with van der Waals surface area (Å²) in [7, 11) is 0. The summed E-state index contributed by atoms with van der Waals surface area (Å²) in [5.74, 6) is 2.04. The number of urea groups is 1. The van der Waals surface area contributed by atoms with Crippen LogP contribution in [0.25, 0.3) is 0 Å². The Morgan fingerprint density at radius 2 is 2.20 bits per heavy atom. The first kappa shape index (κ1) is 16.2. The minimum atomic E-state index is -2.94. The van der Waals surface area contributed by atoms with Gasteiger partial charge in [-0.2, -0.15) is 8.78 Å². The van der Waals surface area contributed by atoms with Crippen LogP contribution in [0.5, 0.6) is 5.88 Å². The molecule has 0 saturated heterocycles. The molecule has 3 saturated carbocycles. The van der Waals surface area contributed by atoms with Gasteiger partial charge in [-0.05, 0) is 41.7 Å². The Balaban J connectivity index is 1.28. The Kier molecular flexibility index (Phi) is 4.05. The van der Waals surface area contributed by atoms with E-state index in [0.717, 1.165) is 6.42 Å². The summed E-state index contributed by atoms with van der Waals surface area (Å²) >= 11 is 0.